The second-order valence-corrected chi connectivity index (χ2v) is 8.65. The SMILES string of the molecule is Cc1ccccc1N1C(=O)NC2c3ccccc3OC1(C)C2C(=O)Nc1ccc(Cl)cc1. The number of fused-ring (bicyclic) bond motifs is 4. The number of ether oxygens (including phenoxy) is 1. The van der Waals surface area contributed by atoms with Gasteiger partial charge in [0.05, 0.1) is 11.7 Å². The van der Waals surface area contributed by atoms with E-state index in [1.165, 1.54) is 0 Å². The van der Waals surface area contributed by atoms with Crippen molar-refractivity contribution in [1.82, 2.24) is 5.32 Å². The zero-order chi connectivity index (χ0) is 22.5. The molecule has 5 rings (SSSR count). The number of para-hydroxylation sites is 2. The first-order chi connectivity index (χ1) is 15.4. The minimum absolute atomic E-state index is 0.257. The highest BCUT2D eigenvalue weighted by molar-refractivity contribution is 6.30. The molecule has 3 amide bonds. The summed E-state index contributed by atoms with van der Waals surface area (Å²) in [6.45, 7) is 3.73. The van der Waals surface area contributed by atoms with E-state index in [9.17, 15) is 9.59 Å². The van der Waals surface area contributed by atoms with Gasteiger partial charge in [-0.25, -0.2) is 4.79 Å². The summed E-state index contributed by atoms with van der Waals surface area (Å²) >= 11 is 5.98. The lowest BCUT2D eigenvalue weighted by molar-refractivity contribution is -0.131. The summed E-state index contributed by atoms with van der Waals surface area (Å²) in [7, 11) is 0. The normalized spacial score (nSPS) is 23.6. The van der Waals surface area contributed by atoms with E-state index in [2.05, 4.69) is 10.6 Å². The third kappa shape index (κ3) is 3.19. The van der Waals surface area contributed by atoms with E-state index in [1.807, 2.05) is 55.5 Å². The number of halogens is 1. The van der Waals surface area contributed by atoms with E-state index < -0.39 is 17.7 Å². The molecular weight excluding hydrogens is 426 g/mol. The van der Waals surface area contributed by atoms with E-state index >= 15 is 0 Å². The van der Waals surface area contributed by atoms with Gasteiger partial charge in [-0.2, -0.15) is 0 Å². The van der Waals surface area contributed by atoms with Crippen molar-refractivity contribution >= 4 is 34.9 Å². The Labute approximate surface area is 191 Å². The van der Waals surface area contributed by atoms with Crippen molar-refractivity contribution in [1.29, 1.82) is 0 Å². The maximum atomic E-state index is 13.6. The molecule has 3 unspecified atom stereocenters. The number of hydrogen-bond acceptors (Lipinski definition) is 3. The van der Waals surface area contributed by atoms with Crippen LogP contribution >= 0.6 is 11.6 Å². The third-order valence-corrected chi connectivity index (χ3v) is 6.41. The van der Waals surface area contributed by atoms with Gasteiger partial charge in [-0.15, -0.1) is 0 Å². The second kappa shape index (κ2) is 7.57. The Bertz CT molecular complexity index is 1210. The molecule has 2 aliphatic rings. The van der Waals surface area contributed by atoms with Gasteiger partial charge in [-0.1, -0.05) is 48.0 Å². The van der Waals surface area contributed by atoms with E-state index in [4.69, 9.17) is 16.3 Å². The molecule has 0 radical (unpaired) electrons. The number of rotatable bonds is 3. The van der Waals surface area contributed by atoms with Gasteiger partial charge >= 0.3 is 6.03 Å². The number of amides is 3. The molecule has 162 valence electrons. The van der Waals surface area contributed by atoms with Crippen LogP contribution in [-0.4, -0.2) is 17.7 Å². The van der Waals surface area contributed by atoms with Gasteiger partial charge < -0.3 is 15.4 Å². The van der Waals surface area contributed by atoms with Gasteiger partial charge in [-0.3, -0.25) is 9.69 Å². The number of benzene rings is 3. The number of carbonyl (C=O) groups excluding carboxylic acids is 2. The maximum Gasteiger partial charge on any atom is 0.325 e. The first-order valence-corrected chi connectivity index (χ1v) is 10.8. The molecular formula is C25H22ClN3O3. The molecule has 2 heterocycles. The molecule has 2 bridgehead atoms. The lowest BCUT2D eigenvalue weighted by Gasteiger charge is -2.54. The highest BCUT2D eigenvalue weighted by Gasteiger charge is 2.60. The van der Waals surface area contributed by atoms with Crippen molar-refractivity contribution < 1.29 is 14.3 Å². The molecule has 3 aromatic rings. The molecule has 2 N–H and O–H groups in total. The highest BCUT2D eigenvalue weighted by atomic mass is 35.5. The number of nitrogens with zero attached hydrogens (tertiary/aromatic N) is 1. The molecule has 1 saturated heterocycles. The van der Waals surface area contributed by atoms with Crippen LogP contribution in [0.4, 0.5) is 16.2 Å². The van der Waals surface area contributed by atoms with Gasteiger partial charge in [0.15, 0.2) is 0 Å². The van der Waals surface area contributed by atoms with E-state index in [0.29, 0.717) is 22.1 Å². The molecule has 0 spiro atoms. The minimum Gasteiger partial charge on any atom is -0.466 e. The monoisotopic (exact) mass is 447 g/mol. The Morgan fingerprint density at radius 1 is 1.06 bits per heavy atom. The van der Waals surface area contributed by atoms with Crippen LogP contribution in [0.2, 0.25) is 5.02 Å². The Kier molecular flexibility index (Phi) is 4.82. The quantitative estimate of drug-likeness (QED) is 0.573. The summed E-state index contributed by atoms with van der Waals surface area (Å²) in [5, 5.41) is 6.61. The van der Waals surface area contributed by atoms with Gasteiger partial charge in [0.25, 0.3) is 0 Å². The van der Waals surface area contributed by atoms with Gasteiger partial charge in [-0.05, 0) is 55.8 Å². The first kappa shape index (κ1) is 20.4. The molecule has 0 aliphatic carbocycles. The zero-order valence-electron chi connectivity index (χ0n) is 17.6. The highest BCUT2D eigenvalue weighted by Crippen LogP contribution is 2.50. The fourth-order valence-electron chi connectivity index (χ4n) is 4.66. The number of aryl methyl sites for hydroxylation is 1. The summed E-state index contributed by atoms with van der Waals surface area (Å²) in [4.78, 5) is 28.5. The molecule has 3 aromatic carbocycles. The Morgan fingerprint density at radius 2 is 1.75 bits per heavy atom. The predicted octanol–water partition coefficient (Wildman–Crippen LogP) is 5.28. The third-order valence-electron chi connectivity index (χ3n) is 6.16. The van der Waals surface area contributed by atoms with Crippen LogP contribution in [-0.2, 0) is 4.79 Å². The molecule has 32 heavy (non-hydrogen) atoms. The average molecular weight is 448 g/mol. The Morgan fingerprint density at radius 3 is 2.50 bits per heavy atom. The molecule has 3 atom stereocenters. The summed E-state index contributed by atoms with van der Waals surface area (Å²) in [5.74, 6) is -0.326. The molecule has 0 saturated carbocycles. The number of anilines is 2. The first-order valence-electron chi connectivity index (χ1n) is 10.4. The number of nitrogens with one attached hydrogen (secondary N) is 2. The molecule has 0 aromatic heterocycles. The number of carbonyl (C=O) groups is 2. The topological polar surface area (TPSA) is 70.7 Å². The Balaban J connectivity index is 1.62. The fraction of sp³-hybridized carbons (Fsp3) is 0.200. The molecule has 1 fully saturated rings. The van der Waals surface area contributed by atoms with Crippen molar-refractivity contribution in [3.05, 3.63) is 88.9 Å². The van der Waals surface area contributed by atoms with Gasteiger partial charge in [0.2, 0.25) is 11.6 Å². The fourth-order valence-corrected chi connectivity index (χ4v) is 4.79. The standard InChI is InChI=1S/C25H22ClN3O3/c1-15-7-3-5-9-19(15)29-24(31)28-22-18-8-4-6-10-20(18)32-25(29,2)21(22)23(30)27-17-13-11-16(26)12-14-17/h3-14,21-22H,1-2H3,(H,27,30)(H,28,31). The Hall–Kier alpha value is -3.51. The average Bonchev–Trinajstić information content (AvgIpc) is 2.76. The lowest BCUT2D eigenvalue weighted by Crippen LogP contribution is -2.72. The zero-order valence-corrected chi connectivity index (χ0v) is 18.4. The van der Waals surface area contributed by atoms with Crippen LogP contribution in [0.3, 0.4) is 0 Å². The van der Waals surface area contributed by atoms with Crippen molar-refractivity contribution in [2.24, 2.45) is 5.92 Å². The second-order valence-electron chi connectivity index (χ2n) is 8.22. The van der Waals surface area contributed by atoms with Crippen LogP contribution in [0.15, 0.2) is 72.8 Å². The number of urea groups is 1. The maximum absolute atomic E-state index is 13.6. The van der Waals surface area contributed by atoms with Crippen molar-refractivity contribution in [2.45, 2.75) is 25.6 Å². The van der Waals surface area contributed by atoms with Crippen LogP contribution in [0.1, 0.15) is 24.1 Å². The van der Waals surface area contributed by atoms with Crippen molar-refractivity contribution in [3.63, 3.8) is 0 Å². The van der Waals surface area contributed by atoms with Crippen LogP contribution in [0, 0.1) is 12.8 Å². The van der Waals surface area contributed by atoms with Gasteiger partial charge in [0, 0.05) is 16.3 Å². The largest absolute Gasteiger partial charge is 0.466 e. The molecule has 2 aliphatic heterocycles. The van der Waals surface area contributed by atoms with Crippen LogP contribution < -0.4 is 20.3 Å². The van der Waals surface area contributed by atoms with Crippen LogP contribution in [0.25, 0.3) is 0 Å². The van der Waals surface area contributed by atoms with E-state index in [-0.39, 0.29) is 11.9 Å². The summed E-state index contributed by atoms with van der Waals surface area (Å²) in [6.07, 6.45) is 0. The lowest BCUT2D eigenvalue weighted by atomic mass is 9.78. The van der Waals surface area contributed by atoms with E-state index in [1.54, 1.807) is 36.1 Å². The summed E-state index contributed by atoms with van der Waals surface area (Å²) in [5.41, 5.74) is 1.74. The molecule has 6 nitrogen and oxygen atoms in total. The smallest absolute Gasteiger partial charge is 0.325 e. The van der Waals surface area contributed by atoms with Crippen molar-refractivity contribution in [2.75, 3.05) is 10.2 Å². The van der Waals surface area contributed by atoms with E-state index in [0.717, 1.165) is 11.1 Å². The predicted molar refractivity (Wildman–Crippen MR) is 124 cm³/mol. The summed E-state index contributed by atoms with van der Waals surface area (Å²) in [6, 6.07) is 21.1. The van der Waals surface area contributed by atoms with Crippen molar-refractivity contribution in [3.8, 4) is 5.75 Å². The molecule has 7 heteroatoms. The number of hydrogen-bond donors (Lipinski definition) is 2. The summed E-state index contributed by atoms with van der Waals surface area (Å²) < 4.78 is 6.46. The minimum atomic E-state index is -1.25. The van der Waals surface area contributed by atoms with Crippen LogP contribution in [0.5, 0.6) is 5.75 Å². The van der Waals surface area contributed by atoms with Gasteiger partial charge in [0.1, 0.15) is 11.7 Å².